The zero-order valence-electron chi connectivity index (χ0n) is 13.3. The molecule has 3 rings (SSSR count). The second kappa shape index (κ2) is 6.56. The first-order valence-electron chi connectivity index (χ1n) is 7.40. The zero-order valence-corrected chi connectivity index (χ0v) is 14.8. The fourth-order valence-corrected chi connectivity index (χ4v) is 4.02. The molecule has 0 spiro atoms. The third-order valence-corrected chi connectivity index (χ3v) is 5.74. The maximum Gasteiger partial charge on any atom is 0.337 e. The van der Waals surface area contributed by atoms with E-state index >= 15 is 0 Å². The molecule has 0 radical (unpaired) electrons. The van der Waals surface area contributed by atoms with E-state index in [1.165, 1.54) is 30.3 Å². The van der Waals surface area contributed by atoms with Crippen LogP contribution in [0.25, 0.3) is 11.3 Å². The van der Waals surface area contributed by atoms with E-state index in [1.807, 2.05) is 0 Å². The first-order valence-corrected chi connectivity index (χ1v) is 9.32. The Morgan fingerprint density at radius 1 is 1.12 bits per heavy atom. The summed E-state index contributed by atoms with van der Waals surface area (Å²) in [4.78, 5) is 12.1. The number of aromatic nitrogens is 2. The lowest BCUT2D eigenvalue weighted by Crippen LogP contribution is -2.48. The molecule has 134 valence electrons. The summed E-state index contributed by atoms with van der Waals surface area (Å²) >= 11 is 5.86. The van der Waals surface area contributed by atoms with Gasteiger partial charge < -0.3 is 5.11 Å². The van der Waals surface area contributed by atoms with Crippen molar-refractivity contribution in [2.24, 2.45) is 5.14 Å². The van der Waals surface area contributed by atoms with Crippen LogP contribution in [-0.2, 0) is 19.6 Å². The minimum atomic E-state index is -4.60. The normalized spacial score (nSPS) is 13.9. The molecule has 3 aromatic rings. The Hall–Kier alpha value is -2.68. The van der Waals surface area contributed by atoms with Crippen molar-refractivity contribution in [2.75, 3.05) is 0 Å². The highest BCUT2D eigenvalue weighted by atomic mass is 35.5. The molecule has 1 aromatic heterocycles. The predicted octanol–water partition coefficient (Wildman–Crippen LogP) is 2.35. The van der Waals surface area contributed by atoms with Crippen LogP contribution in [-0.4, -0.2) is 29.7 Å². The van der Waals surface area contributed by atoms with Crippen LogP contribution in [0.1, 0.15) is 11.3 Å². The van der Waals surface area contributed by atoms with Gasteiger partial charge in [0.1, 0.15) is 0 Å². The van der Waals surface area contributed by atoms with E-state index in [1.54, 1.807) is 30.3 Å². The number of carbonyl (C=O) groups is 1. The summed E-state index contributed by atoms with van der Waals surface area (Å²) in [7, 11) is -4.60. The van der Waals surface area contributed by atoms with Crippen molar-refractivity contribution < 1.29 is 18.3 Å². The second-order valence-corrected chi connectivity index (χ2v) is 7.71. The Bertz CT molecular complexity index is 1050. The summed E-state index contributed by atoms with van der Waals surface area (Å²) in [6, 6.07) is 15.5. The van der Waals surface area contributed by atoms with Crippen molar-refractivity contribution in [1.29, 1.82) is 0 Å². The number of benzene rings is 2. The topological polar surface area (TPSA) is 126 Å². The maximum absolute atomic E-state index is 12.4. The molecule has 9 heteroatoms. The lowest BCUT2D eigenvalue weighted by molar-refractivity contribution is -0.139. The fourth-order valence-electron chi connectivity index (χ4n) is 2.78. The Morgan fingerprint density at radius 2 is 1.73 bits per heavy atom. The molecule has 0 saturated heterocycles. The highest BCUT2D eigenvalue weighted by Gasteiger charge is 2.54. The summed E-state index contributed by atoms with van der Waals surface area (Å²) in [5.74, 6) is -1.63. The quantitative estimate of drug-likeness (QED) is 0.615. The minimum Gasteiger partial charge on any atom is -0.479 e. The number of rotatable bonds is 5. The number of carboxylic acids is 1. The molecule has 0 aliphatic carbocycles. The fraction of sp³-hybridized carbons (Fsp3) is 0.0588. The molecule has 1 heterocycles. The maximum atomic E-state index is 12.4. The highest BCUT2D eigenvalue weighted by molar-refractivity contribution is 7.91. The van der Waals surface area contributed by atoms with Crippen molar-refractivity contribution in [3.05, 3.63) is 76.9 Å². The number of nitrogens with zero attached hydrogens (tertiary/aromatic N) is 1. The number of sulfonamides is 1. The first kappa shape index (κ1) is 18.1. The smallest absolute Gasteiger partial charge is 0.337 e. The number of nitrogens with one attached hydrogen (secondary N) is 1. The van der Waals surface area contributed by atoms with Gasteiger partial charge in [0.25, 0.3) is 0 Å². The highest BCUT2D eigenvalue weighted by Crippen LogP contribution is 2.37. The molecule has 26 heavy (non-hydrogen) atoms. The predicted molar refractivity (Wildman–Crippen MR) is 97.0 cm³/mol. The van der Waals surface area contributed by atoms with E-state index in [2.05, 4.69) is 10.2 Å². The van der Waals surface area contributed by atoms with E-state index in [4.69, 9.17) is 16.7 Å². The molecule has 0 bridgehead atoms. The Labute approximate surface area is 154 Å². The number of halogens is 1. The van der Waals surface area contributed by atoms with Crippen LogP contribution < -0.4 is 5.14 Å². The van der Waals surface area contributed by atoms with Crippen molar-refractivity contribution >= 4 is 27.6 Å². The standard InChI is InChI=1S/C17H14ClN3O4S/c18-13-8-6-11(7-9-13)14-10-15(21-20-14)17(16(22)23,26(19,24)25)12-4-2-1-3-5-12/h1-10H,(H,20,21)(H,22,23)(H2,19,24,25). The number of aliphatic carboxylic acids is 1. The number of hydrogen-bond acceptors (Lipinski definition) is 4. The molecule has 2 aromatic carbocycles. The molecule has 4 N–H and O–H groups in total. The molecular weight excluding hydrogens is 378 g/mol. The van der Waals surface area contributed by atoms with Gasteiger partial charge in [-0.2, -0.15) is 5.10 Å². The zero-order chi connectivity index (χ0) is 18.9. The summed E-state index contributed by atoms with van der Waals surface area (Å²) in [5.41, 5.74) is 0.838. The van der Waals surface area contributed by atoms with Crippen molar-refractivity contribution in [1.82, 2.24) is 10.2 Å². The number of H-pyrrole nitrogens is 1. The molecule has 0 aliphatic heterocycles. The average Bonchev–Trinajstić information content (AvgIpc) is 3.05. The minimum absolute atomic E-state index is 0.00121. The van der Waals surface area contributed by atoms with Crippen LogP contribution in [0.15, 0.2) is 60.7 Å². The summed E-state index contributed by atoms with van der Waals surface area (Å²) in [6.45, 7) is 0. The van der Waals surface area contributed by atoms with E-state index < -0.39 is 20.7 Å². The van der Waals surface area contributed by atoms with Gasteiger partial charge in [0.2, 0.25) is 14.8 Å². The molecule has 0 aliphatic rings. The van der Waals surface area contributed by atoms with Crippen LogP contribution in [0.4, 0.5) is 0 Å². The number of carboxylic acid groups (broad SMARTS) is 1. The summed E-state index contributed by atoms with van der Waals surface area (Å²) in [6.07, 6.45) is 0. The van der Waals surface area contributed by atoms with Gasteiger partial charge in [-0.25, -0.2) is 18.4 Å². The largest absolute Gasteiger partial charge is 0.479 e. The average molecular weight is 392 g/mol. The van der Waals surface area contributed by atoms with Gasteiger partial charge in [-0.05, 0) is 23.8 Å². The van der Waals surface area contributed by atoms with Crippen molar-refractivity contribution in [3.63, 3.8) is 0 Å². The van der Waals surface area contributed by atoms with E-state index in [9.17, 15) is 18.3 Å². The van der Waals surface area contributed by atoms with Gasteiger partial charge in [0.05, 0.1) is 11.4 Å². The molecule has 0 fully saturated rings. The van der Waals surface area contributed by atoms with Crippen molar-refractivity contribution in [2.45, 2.75) is 4.75 Å². The van der Waals surface area contributed by atoms with Gasteiger partial charge in [-0.15, -0.1) is 0 Å². The molecule has 0 saturated carbocycles. The number of aromatic amines is 1. The molecule has 1 atom stereocenters. The van der Waals surface area contributed by atoms with Gasteiger partial charge in [-0.3, -0.25) is 5.10 Å². The lowest BCUT2D eigenvalue weighted by Gasteiger charge is -2.26. The number of primary sulfonamides is 1. The van der Waals surface area contributed by atoms with Crippen LogP contribution in [0, 0.1) is 0 Å². The molecular formula is C17H14ClN3O4S. The van der Waals surface area contributed by atoms with Crippen LogP contribution in [0.2, 0.25) is 5.02 Å². The summed E-state index contributed by atoms with van der Waals surface area (Å²) in [5, 5.41) is 22.3. The molecule has 7 nitrogen and oxygen atoms in total. The van der Waals surface area contributed by atoms with Crippen molar-refractivity contribution in [3.8, 4) is 11.3 Å². The second-order valence-electron chi connectivity index (χ2n) is 5.57. The van der Waals surface area contributed by atoms with Crippen LogP contribution >= 0.6 is 11.6 Å². The molecule has 0 amide bonds. The van der Waals surface area contributed by atoms with E-state index in [-0.39, 0.29) is 11.3 Å². The van der Waals surface area contributed by atoms with Gasteiger partial charge >= 0.3 is 5.97 Å². The van der Waals surface area contributed by atoms with E-state index in [0.717, 1.165) is 0 Å². The third kappa shape index (κ3) is 2.88. The Balaban J connectivity index is 2.24. The number of hydrogen-bond donors (Lipinski definition) is 3. The van der Waals surface area contributed by atoms with Gasteiger partial charge in [-0.1, -0.05) is 54.1 Å². The Kier molecular flexibility index (Phi) is 4.57. The SMILES string of the molecule is NS(=O)(=O)C(C(=O)O)(c1ccccc1)c1cc(-c2ccc(Cl)cc2)n[nH]1. The number of nitrogens with two attached hydrogens (primary N) is 1. The monoisotopic (exact) mass is 391 g/mol. The van der Waals surface area contributed by atoms with Gasteiger partial charge in [0, 0.05) is 10.6 Å². The Morgan fingerprint density at radius 3 is 2.27 bits per heavy atom. The lowest BCUT2D eigenvalue weighted by atomic mass is 9.94. The van der Waals surface area contributed by atoms with Crippen LogP contribution in [0.3, 0.4) is 0 Å². The van der Waals surface area contributed by atoms with Crippen LogP contribution in [0.5, 0.6) is 0 Å². The molecule has 1 unspecified atom stereocenters. The van der Waals surface area contributed by atoms with Gasteiger partial charge in [0.15, 0.2) is 0 Å². The third-order valence-electron chi connectivity index (χ3n) is 4.01. The van der Waals surface area contributed by atoms with E-state index in [0.29, 0.717) is 16.3 Å². The summed E-state index contributed by atoms with van der Waals surface area (Å²) < 4.78 is 22.3. The first-order chi connectivity index (χ1) is 12.3.